The predicted octanol–water partition coefficient (Wildman–Crippen LogP) is 1.86. The van der Waals surface area contributed by atoms with Crippen LogP contribution in [0, 0.1) is 5.82 Å². The number of carbonyl (C=O) groups excluding carboxylic acids is 1. The molecule has 4 nitrogen and oxygen atoms in total. The van der Waals surface area contributed by atoms with E-state index in [-0.39, 0.29) is 23.8 Å². The number of para-hydroxylation sites is 1. The van der Waals surface area contributed by atoms with Crippen molar-refractivity contribution in [1.29, 1.82) is 0 Å². The van der Waals surface area contributed by atoms with E-state index in [2.05, 4.69) is 10.2 Å². The highest BCUT2D eigenvalue weighted by Crippen LogP contribution is 2.20. The lowest BCUT2D eigenvalue weighted by Crippen LogP contribution is -2.54. The van der Waals surface area contributed by atoms with Crippen LogP contribution in [0.2, 0.25) is 0 Å². The molecule has 21 heavy (non-hydrogen) atoms. The lowest BCUT2D eigenvalue weighted by molar-refractivity contribution is -0.126. The summed E-state index contributed by atoms with van der Waals surface area (Å²) in [6.07, 6.45) is 0. The van der Waals surface area contributed by atoms with Gasteiger partial charge in [-0.25, -0.2) is 4.39 Å². The molecule has 116 valence electrons. The van der Waals surface area contributed by atoms with Crippen LogP contribution in [0.15, 0.2) is 24.3 Å². The molecule has 0 bridgehead atoms. The fourth-order valence-electron chi connectivity index (χ4n) is 2.63. The van der Waals surface area contributed by atoms with E-state index in [1.807, 2.05) is 31.7 Å². The van der Waals surface area contributed by atoms with Crippen LogP contribution in [0.4, 0.5) is 10.1 Å². The van der Waals surface area contributed by atoms with E-state index in [1.54, 1.807) is 12.1 Å². The van der Waals surface area contributed by atoms with Gasteiger partial charge in [-0.3, -0.25) is 9.69 Å². The van der Waals surface area contributed by atoms with Gasteiger partial charge in [-0.1, -0.05) is 12.1 Å². The molecule has 1 atom stereocenters. The second kappa shape index (κ2) is 6.89. The number of piperazine rings is 1. The van der Waals surface area contributed by atoms with Crippen molar-refractivity contribution in [2.75, 3.05) is 31.1 Å². The Labute approximate surface area is 125 Å². The predicted molar refractivity (Wildman–Crippen MR) is 82.9 cm³/mol. The van der Waals surface area contributed by atoms with Gasteiger partial charge < -0.3 is 10.2 Å². The summed E-state index contributed by atoms with van der Waals surface area (Å²) in [5, 5.41) is 2.94. The highest BCUT2D eigenvalue weighted by molar-refractivity contribution is 5.81. The first-order valence-corrected chi connectivity index (χ1v) is 7.53. The lowest BCUT2D eigenvalue weighted by Gasteiger charge is -2.38. The molecule has 1 aliphatic rings. The molecule has 1 aliphatic heterocycles. The quantitative estimate of drug-likeness (QED) is 0.920. The number of benzene rings is 1. The molecule has 1 fully saturated rings. The Hall–Kier alpha value is -1.62. The van der Waals surface area contributed by atoms with Crippen LogP contribution in [-0.4, -0.2) is 49.1 Å². The zero-order valence-corrected chi connectivity index (χ0v) is 13.0. The van der Waals surface area contributed by atoms with Crippen LogP contribution in [0.3, 0.4) is 0 Å². The van der Waals surface area contributed by atoms with Gasteiger partial charge >= 0.3 is 0 Å². The summed E-state index contributed by atoms with van der Waals surface area (Å²) in [6, 6.07) is 6.85. The number of amides is 1. The third-order valence-electron chi connectivity index (χ3n) is 3.87. The van der Waals surface area contributed by atoms with E-state index in [0.29, 0.717) is 5.69 Å². The van der Waals surface area contributed by atoms with Crippen molar-refractivity contribution in [3.05, 3.63) is 30.1 Å². The zero-order chi connectivity index (χ0) is 15.4. The number of nitrogens with zero attached hydrogens (tertiary/aromatic N) is 2. The number of hydrogen-bond donors (Lipinski definition) is 1. The fraction of sp³-hybridized carbons (Fsp3) is 0.562. The van der Waals surface area contributed by atoms with Gasteiger partial charge in [0.1, 0.15) is 5.82 Å². The SMILES string of the molecule is CC(C)NC(=O)[C@@H](C)N1CCN(c2ccccc2F)CC1. The molecule has 0 aromatic heterocycles. The minimum Gasteiger partial charge on any atom is -0.367 e. The van der Waals surface area contributed by atoms with E-state index < -0.39 is 0 Å². The molecule has 0 aliphatic carbocycles. The summed E-state index contributed by atoms with van der Waals surface area (Å²) >= 11 is 0. The summed E-state index contributed by atoms with van der Waals surface area (Å²) in [5.41, 5.74) is 0.649. The molecule has 1 amide bonds. The van der Waals surface area contributed by atoms with Crippen LogP contribution in [0.25, 0.3) is 0 Å². The maximum atomic E-state index is 13.8. The molecule has 1 saturated heterocycles. The average Bonchev–Trinajstić information content (AvgIpc) is 2.46. The normalized spacial score (nSPS) is 17.9. The van der Waals surface area contributed by atoms with Crippen molar-refractivity contribution in [3.63, 3.8) is 0 Å². The highest BCUT2D eigenvalue weighted by atomic mass is 19.1. The number of anilines is 1. The van der Waals surface area contributed by atoms with Gasteiger partial charge in [0.2, 0.25) is 5.91 Å². The Morgan fingerprint density at radius 1 is 1.14 bits per heavy atom. The molecule has 2 rings (SSSR count). The van der Waals surface area contributed by atoms with Gasteiger partial charge in [0.25, 0.3) is 0 Å². The molecule has 1 aromatic carbocycles. The lowest BCUT2D eigenvalue weighted by atomic mass is 10.2. The summed E-state index contributed by atoms with van der Waals surface area (Å²) < 4.78 is 13.8. The van der Waals surface area contributed by atoms with E-state index in [9.17, 15) is 9.18 Å². The summed E-state index contributed by atoms with van der Waals surface area (Å²) in [4.78, 5) is 16.2. The number of halogens is 1. The van der Waals surface area contributed by atoms with Crippen molar-refractivity contribution in [3.8, 4) is 0 Å². The van der Waals surface area contributed by atoms with Gasteiger partial charge in [-0.15, -0.1) is 0 Å². The number of nitrogens with one attached hydrogen (secondary N) is 1. The number of hydrogen-bond acceptors (Lipinski definition) is 3. The van der Waals surface area contributed by atoms with E-state index >= 15 is 0 Å². The van der Waals surface area contributed by atoms with Gasteiger partial charge in [0.05, 0.1) is 11.7 Å². The van der Waals surface area contributed by atoms with Gasteiger partial charge in [-0.2, -0.15) is 0 Å². The van der Waals surface area contributed by atoms with E-state index in [0.717, 1.165) is 26.2 Å². The topological polar surface area (TPSA) is 35.6 Å². The third kappa shape index (κ3) is 3.94. The summed E-state index contributed by atoms with van der Waals surface area (Å²) in [6.45, 7) is 8.85. The van der Waals surface area contributed by atoms with Crippen LogP contribution in [0.5, 0.6) is 0 Å². The van der Waals surface area contributed by atoms with Crippen LogP contribution in [-0.2, 0) is 4.79 Å². The molecule has 0 spiro atoms. The first-order chi connectivity index (χ1) is 9.99. The Balaban J connectivity index is 1.91. The monoisotopic (exact) mass is 293 g/mol. The van der Waals surface area contributed by atoms with Gasteiger partial charge in [0, 0.05) is 32.2 Å². The molecule has 5 heteroatoms. The minimum absolute atomic E-state index is 0.0596. The third-order valence-corrected chi connectivity index (χ3v) is 3.87. The molecule has 1 heterocycles. The molecule has 1 N–H and O–H groups in total. The molecular weight excluding hydrogens is 269 g/mol. The molecule has 1 aromatic rings. The van der Waals surface area contributed by atoms with Gasteiger partial charge in [-0.05, 0) is 32.9 Å². The van der Waals surface area contributed by atoms with Crippen LogP contribution in [0.1, 0.15) is 20.8 Å². The maximum Gasteiger partial charge on any atom is 0.237 e. The van der Waals surface area contributed by atoms with Crippen molar-refractivity contribution in [1.82, 2.24) is 10.2 Å². The highest BCUT2D eigenvalue weighted by Gasteiger charge is 2.26. The number of carbonyl (C=O) groups is 1. The Morgan fingerprint density at radius 3 is 2.33 bits per heavy atom. The second-order valence-electron chi connectivity index (χ2n) is 5.81. The first kappa shape index (κ1) is 15.8. The second-order valence-corrected chi connectivity index (χ2v) is 5.81. The first-order valence-electron chi connectivity index (χ1n) is 7.53. The molecule has 0 saturated carbocycles. The average molecular weight is 293 g/mol. The van der Waals surface area contributed by atoms with Crippen LogP contribution >= 0.6 is 0 Å². The standard InChI is InChI=1S/C16H24FN3O/c1-12(2)18-16(21)13(3)19-8-10-20(11-9-19)15-7-5-4-6-14(15)17/h4-7,12-13H,8-11H2,1-3H3,(H,18,21)/t13-/m1/s1. The summed E-state index contributed by atoms with van der Waals surface area (Å²) in [5.74, 6) is -0.124. The Bertz CT molecular complexity index is 484. The van der Waals surface area contributed by atoms with Gasteiger partial charge in [0.15, 0.2) is 0 Å². The molecule has 0 unspecified atom stereocenters. The van der Waals surface area contributed by atoms with Crippen molar-refractivity contribution >= 4 is 11.6 Å². The minimum atomic E-state index is -0.184. The van der Waals surface area contributed by atoms with Crippen molar-refractivity contribution < 1.29 is 9.18 Å². The largest absolute Gasteiger partial charge is 0.367 e. The number of rotatable bonds is 4. The van der Waals surface area contributed by atoms with Crippen LogP contribution < -0.4 is 10.2 Å². The Morgan fingerprint density at radius 2 is 1.76 bits per heavy atom. The van der Waals surface area contributed by atoms with E-state index in [1.165, 1.54) is 6.07 Å². The summed E-state index contributed by atoms with van der Waals surface area (Å²) in [7, 11) is 0. The van der Waals surface area contributed by atoms with Crippen molar-refractivity contribution in [2.24, 2.45) is 0 Å². The Kier molecular flexibility index (Phi) is 5.17. The van der Waals surface area contributed by atoms with E-state index in [4.69, 9.17) is 0 Å². The molecule has 0 radical (unpaired) electrons. The zero-order valence-electron chi connectivity index (χ0n) is 13.0. The maximum absolute atomic E-state index is 13.8. The molecular formula is C16H24FN3O. The fourth-order valence-corrected chi connectivity index (χ4v) is 2.63. The smallest absolute Gasteiger partial charge is 0.237 e. The van der Waals surface area contributed by atoms with Crippen molar-refractivity contribution in [2.45, 2.75) is 32.9 Å².